The second-order valence-corrected chi connectivity index (χ2v) is 13.8. The maximum atomic E-state index is 12.9. The standard InChI is InChI=1S/C21H17N5O3S.C21H23N3O3/c22-20(28)19(27)16(10-13-11-23-15-9-5-4-8-14(13)15)24-21(29)18-17(25-30-26-18)12-6-2-1-3-7-12;22-20(26)19(25)17(14-15-8-3-1-4-9-15)23-21(27)18-12-7-13-24(18)16-10-5-2-6-11-16/h1-9,11,16,23H,10H2,(H2,22,28)(H,24,29);1-6,8-11,17-18H,7,12-14H2,(H2,22,26)(H,23,27). The molecule has 3 heterocycles. The first kappa shape index (κ1) is 39.7. The molecule has 7 N–H and O–H groups in total. The van der Waals surface area contributed by atoms with Crippen molar-refractivity contribution in [2.24, 2.45) is 11.5 Å². The van der Waals surface area contributed by atoms with Crippen LogP contribution in [0.2, 0.25) is 0 Å². The molecule has 1 aliphatic heterocycles. The van der Waals surface area contributed by atoms with Crippen molar-refractivity contribution in [2.45, 2.75) is 43.8 Å². The van der Waals surface area contributed by atoms with E-state index < -0.39 is 41.4 Å². The number of rotatable bonds is 14. The van der Waals surface area contributed by atoms with Gasteiger partial charge in [-0.15, -0.1) is 0 Å². The first-order valence-corrected chi connectivity index (χ1v) is 18.9. The van der Waals surface area contributed by atoms with Crippen molar-refractivity contribution in [1.82, 2.24) is 24.4 Å². The van der Waals surface area contributed by atoms with E-state index in [-0.39, 0.29) is 30.5 Å². The van der Waals surface area contributed by atoms with Gasteiger partial charge in [-0.3, -0.25) is 28.8 Å². The van der Waals surface area contributed by atoms with E-state index in [0.29, 0.717) is 12.1 Å². The maximum absolute atomic E-state index is 12.9. The second kappa shape index (κ2) is 18.6. The van der Waals surface area contributed by atoms with Crippen LogP contribution >= 0.6 is 11.7 Å². The van der Waals surface area contributed by atoms with Crippen molar-refractivity contribution in [1.29, 1.82) is 0 Å². The summed E-state index contributed by atoms with van der Waals surface area (Å²) >= 11 is 0.896. The summed E-state index contributed by atoms with van der Waals surface area (Å²) < 4.78 is 8.28. The van der Waals surface area contributed by atoms with Crippen molar-refractivity contribution in [2.75, 3.05) is 11.4 Å². The molecule has 2 aromatic heterocycles. The Kier molecular flexibility index (Phi) is 12.9. The van der Waals surface area contributed by atoms with Crippen molar-refractivity contribution < 1.29 is 28.8 Å². The van der Waals surface area contributed by atoms with Gasteiger partial charge >= 0.3 is 0 Å². The topological polar surface area (TPSA) is 223 Å². The lowest BCUT2D eigenvalue weighted by molar-refractivity contribution is -0.138. The summed E-state index contributed by atoms with van der Waals surface area (Å²) in [5, 5.41) is 6.27. The molecule has 57 heavy (non-hydrogen) atoms. The average Bonchev–Trinajstić information content (AvgIpc) is 4.02. The second-order valence-electron chi connectivity index (χ2n) is 13.3. The van der Waals surface area contributed by atoms with Crippen molar-refractivity contribution in [3.05, 3.63) is 138 Å². The Balaban J connectivity index is 0.000000194. The number of amides is 4. The molecule has 7 rings (SSSR count). The van der Waals surface area contributed by atoms with Gasteiger partial charge in [0.05, 0.1) is 11.7 Å². The Bertz CT molecular complexity index is 2370. The van der Waals surface area contributed by atoms with Gasteiger partial charge in [0.2, 0.25) is 17.5 Å². The molecule has 0 aliphatic carbocycles. The number of benzene rings is 4. The predicted octanol–water partition coefficient (Wildman–Crippen LogP) is 3.52. The summed E-state index contributed by atoms with van der Waals surface area (Å²) in [5.41, 5.74) is 15.1. The van der Waals surface area contributed by atoms with Crippen LogP contribution in [0.1, 0.15) is 34.5 Å². The molecule has 3 atom stereocenters. The zero-order valence-electron chi connectivity index (χ0n) is 30.7. The number of carbonyl (C=O) groups excluding carboxylic acids is 6. The highest BCUT2D eigenvalue weighted by molar-refractivity contribution is 6.99. The van der Waals surface area contributed by atoms with Gasteiger partial charge in [-0.05, 0) is 42.2 Å². The first-order chi connectivity index (χ1) is 27.6. The molecular formula is C42H40N8O6S. The number of carbonyl (C=O) groups is 6. The van der Waals surface area contributed by atoms with Gasteiger partial charge in [-0.1, -0.05) is 97.1 Å². The highest BCUT2D eigenvalue weighted by atomic mass is 32.1. The van der Waals surface area contributed by atoms with Gasteiger partial charge < -0.3 is 32.0 Å². The van der Waals surface area contributed by atoms with Crippen LogP contribution in [0.3, 0.4) is 0 Å². The van der Waals surface area contributed by atoms with Gasteiger partial charge in [-0.2, -0.15) is 8.75 Å². The summed E-state index contributed by atoms with van der Waals surface area (Å²) in [6.07, 6.45) is 3.67. The normalized spacial score (nSPS) is 14.5. The van der Waals surface area contributed by atoms with Crippen molar-refractivity contribution in [3.63, 3.8) is 0 Å². The number of aromatic nitrogens is 3. The number of fused-ring (bicyclic) bond motifs is 1. The lowest BCUT2D eigenvalue weighted by atomic mass is 10.0. The van der Waals surface area contributed by atoms with Crippen molar-refractivity contribution in [3.8, 4) is 11.3 Å². The number of primary amides is 2. The summed E-state index contributed by atoms with van der Waals surface area (Å²) in [6, 6.07) is 33.2. The largest absolute Gasteiger partial charge is 0.363 e. The number of ketones is 2. The molecule has 0 bridgehead atoms. The molecule has 4 aromatic carbocycles. The van der Waals surface area contributed by atoms with Gasteiger partial charge in [0.25, 0.3) is 17.7 Å². The number of anilines is 1. The molecule has 15 heteroatoms. The van der Waals surface area contributed by atoms with Crippen LogP contribution in [0.25, 0.3) is 22.2 Å². The molecule has 1 saturated heterocycles. The molecule has 0 radical (unpaired) electrons. The zero-order valence-corrected chi connectivity index (χ0v) is 31.5. The van der Waals surface area contributed by atoms with Crippen LogP contribution in [-0.4, -0.2) is 73.6 Å². The minimum absolute atomic E-state index is 0.0902. The Labute approximate surface area is 332 Å². The number of hydrogen-bond donors (Lipinski definition) is 5. The molecule has 6 aromatic rings. The lowest BCUT2D eigenvalue weighted by Crippen LogP contribution is -2.52. The molecule has 1 fully saturated rings. The minimum atomic E-state index is -1.13. The third-order valence-corrected chi connectivity index (χ3v) is 10.0. The summed E-state index contributed by atoms with van der Waals surface area (Å²) in [4.78, 5) is 78.6. The summed E-state index contributed by atoms with van der Waals surface area (Å²) in [5.74, 6) is -4.66. The van der Waals surface area contributed by atoms with Crippen LogP contribution in [0.15, 0.2) is 121 Å². The number of para-hydroxylation sites is 2. The zero-order chi connectivity index (χ0) is 40.3. The molecule has 0 spiro atoms. The van der Waals surface area contributed by atoms with Crippen LogP contribution < -0.4 is 27.0 Å². The molecule has 14 nitrogen and oxygen atoms in total. The highest BCUT2D eigenvalue weighted by Gasteiger charge is 2.34. The average molecular weight is 785 g/mol. The van der Waals surface area contributed by atoms with Crippen LogP contribution in [0.4, 0.5) is 5.69 Å². The van der Waals surface area contributed by atoms with Gasteiger partial charge in [0, 0.05) is 47.7 Å². The van der Waals surface area contributed by atoms with Crippen LogP contribution in [0, 0.1) is 0 Å². The lowest BCUT2D eigenvalue weighted by Gasteiger charge is -2.27. The number of aromatic amines is 1. The quantitative estimate of drug-likeness (QED) is 0.102. The van der Waals surface area contributed by atoms with E-state index in [0.717, 1.165) is 58.0 Å². The van der Waals surface area contributed by atoms with E-state index in [9.17, 15) is 28.8 Å². The number of H-pyrrole nitrogens is 1. The molecular weight excluding hydrogens is 745 g/mol. The van der Waals surface area contributed by atoms with Crippen LogP contribution in [-0.2, 0) is 36.8 Å². The van der Waals surface area contributed by atoms with Gasteiger partial charge in [0.15, 0.2) is 5.69 Å². The van der Waals surface area contributed by atoms with E-state index in [2.05, 4.69) is 24.4 Å². The minimum Gasteiger partial charge on any atom is -0.363 e. The number of nitrogens with two attached hydrogens (primary N) is 2. The number of hydrogen-bond acceptors (Lipinski definition) is 10. The highest BCUT2D eigenvalue weighted by Crippen LogP contribution is 2.26. The van der Waals surface area contributed by atoms with Gasteiger partial charge in [0.1, 0.15) is 23.8 Å². The van der Waals surface area contributed by atoms with E-state index in [1.807, 2.05) is 120 Å². The van der Waals surface area contributed by atoms with E-state index in [1.54, 1.807) is 6.20 Å². The SMILES string of the molecule is NC(=O)C(=O)C(Cc1c[nH]c2ccccc12)NC(=O)c1nsnc1-c1ccccc1.NC(=O)C(=O)C(Cc1ccccc1)NC(=O)C1CCCN1c1ccccc1. The van der Waals surface area contributed by atoms with E-state index in [4.69, 9.17) is 11.5 Å². The van der Waals surface area contributed by atoms with Crippen LogP contribution in [0.5, 0.6) is 0 Å². The fourth-order valence-electron chi connectivity index (χ4n) is 6.72. The molecule has 0 saturated carbocycles. The summed E-state index contributed by atoms with van der Waals surface area (Å²) in [7, 11) is 0. The Morgan fingerprint density at radius 1 is 0.737 bits per heavy atom. The fourth-order valence-corrected chi connectivity index (χ4v) is 7.28. The third kappa shape index (κ3) is 9.82. The van der Waals surface area contributed by atoms with E-state index >= 15 is 0 Å². The smallest absolute Gasteiger partial charge is 0.287 e. The Morgan fingerprint density at radius 2 is 1.33 bits per heavy atom. The number of Topliss-reactive ketones (excluding diaryl/α,β-unsaturated/α-hetero) is 2. The monoisotopic (exact) mass is 784 g/mol. The van der Waals surface area contributed by atoms with Crippen molar-refractivity contribution >= 4 is 63.5 Å². The van der Waals surface area contributed by atoms with Gasteiger partial charge in [-0.25, -0.2) is 0 Å². The molecule has 1 aliphatic rings. The molecule has 4 amide bonds. The molecule has 290 valence electrons. The van der Waals surface area contributed by atoms with E-state index in [1.165, 1.54) is 0 Å². The maximum Gasteiger partial charge on any atom is 0.287 e. The number of nitrogens with one attached hydrogen (secondary N) is 3. The summed E-state index contributed by atoms with van der Waals surface area (Å²) in [6.45, 7) is 0.773. The third-order valence-electron chi connectivity index (χ3n) is 9.52. The Morgan fingerprint density at radius 3 is 2.00 bits per heavy atom. The fraction of sp³-hybridized carbons (Fsp3) is 0.190. The Hall–Kier alpha value is -7.00. The molecule has 3 unspecified atom stereocenters. The first-order valence-electron chi connectivity index (χ1n) is 18.2. The predicted molar refractivity (Wildman–Crippen MR) is 216 cm³/mol. The number of nitrogens with zero attached hydrogens (tertiary/aromatic N) is 3.